The molecule has 0 saturated heterocycles. The van der Waals surface area contributed by atoms with Crippen LogP contribution in [-0.4, -0.2) is 16.5 Å². The van der Waals surface area contributed by atoms with Gasteiger partial charge in [0.2, 0.25) is 0 Å². The summed E-state index contributed by atoms with van der Waals surface area (Å²) in [5.74, 6) is 0. The zero-order valence-electron chi connectivity index (χ0n) is 7.18. The maximum absolute atomic E-state index is 11.4. The van der Waals surface area contributed by atoms with Crippen molar-refractivity contribution in [2.75, 3.05) is 13.1 Å². The third-order valence-corrected chi connectivity index (χ3v) is 5.12. The quantitative estimate of drug-likeness (QED) is 0.602. The maximum atomic E-state index is 11.4. The average molecular weight is 179 g/mol. The molecule has 0 radical (unpaired) electrons. The molecular weight excluding hydrogens is 162 g/mol. The van der Waals surface area contributed by atoms with Crippen molar-refractivity contribution < 1.29 is 21.4 Å². The van der Waals surface area contributed by atoms with Crippen molar-refractivity contribution in [3.8, 4) is 0 Å². The average Bonchev–Trinajstić information content (AvgIpc) is 1.91. The van der Waals surface area contributed by atoms with Crippen LogP contribution < -0.4 is 0 Å². The third kappa shape index (κ3) is 3.60. The van der Waals surface area contributed by atoms with Gasteiger partial charge in [0, 0.05) is 0 Å². The van der Waals surface area contributed by atoms with Gasteiger partial charge in [-0.15, -0.1) is 0 Å². The molecule has 0 aromatic carbocycles. The Morgan fingerprint density at radius 1 is 1.20 bits per heavy atom. The summed E-state index contributed by atoms with van der Waals surface area (Å²) < 4.78 is 14.4. The SMILES string of the molecule is CC[CH2][Ti](=[O])[N](CC)CC. The van der Waals surface area contributed by atoms with Crippen LogP contribution in [0.5, 0.6) is 0 Å². The van der Waals surface area contributed by atoms with Crippen molar-refractivity contribution >= 4 is 0 Å². The van der Waals surface area contributed by atoms with Gasteiger partial charge in [0.05, 0.1) is 0 Å². The summed E-state index contributed by atoms with van der Waals surface area (Å²) in [5.41, 5.74) is 0. The van der Waals surface area contributed by atoms with Crippen molar-refractivity contribution in [2.24, 2.45) is 0 Å². The molecule has 0 aliphatic heterocycles. The molecule has 0 amide bonds. The van der Waals surface area contributed by atoms with Crippen LogP contribution in [0.25, 0.3) is 0 Å². The van der Waals surface area contributed by atoms with Gasteiger partial charge in [0.1, 0.15) is 0 Å². The zero-order valence-corrected chi connectivity index (χ0v) is 8.75. The molecule has 0 N–H and O–H groups in total. The molecule has 60 valence electrons. The number of hydrogen-bond acceptors (Lipinski definition) is 1. The normalized spacial score (nSPS) is 10.4. The van der Waals surface area contributed by atoms with Crippen molar-refractivity contribution in [1.29, 1.82) is 0 Å². The number of nitrogens with zero attached hydrogens (tertiary/aromatic N) is 1. The molecule has 0 heterocycles. The molecule has 0 fully saturated rings. The van der Waals surface area contributed by atoms with E-state index in [9.17, 15) is 3.32 Å². The molecule has 3 heteroatoms. The molecule has 10 heavy (non-hydrogen) atoms. The predicted octanol–water partition coefficient (Wildman–Crippen LogP) is 2.04. The first-order chi connectivity index (χ1) is 4.76. The van der Waals surface area contributed by atoms with Gasteiger partial charge in [-0.3, -0.25) is 0 Å². The molecule has 0 aliphatic rings. The predicted molar refractivity (Wildman–Crippen MR) is 38.7 cm³/mol. The fourth-order valence-electron chi connectivity index (χ4n) is 0.948. The summed E-state index contributed by atoms with van der Waals surface area (Å²) in [6, 6.07) is 0. The van der Waals surface area contributed by atoms with Gasteiger partial charge in [-0.25, -0.2) is 0 Å². The van der Waals surface area contributed by atoms with Gasteiger partial charge in [-0.05, 0) is 0 Å². The van der Waals surface area contributed by atoms with Gasteiger partial charge < -0.3 is 0 Å². The fraction of sp³-hybridized carbons (Fsp3) is 1.00. The van der Waals surface area contributed by atoms with Crippen molar-refractivity contribution in [1.82, 2.24) is 3.38 Å². The second-order valence-corrected chi connectivity index (χ2v) is 5.31. The van der Waals surface area contributed by atoms with E-state index in [-0.39, 0.29) is 0 Å². The first-order valence-corrected chi connectivity index (χ1v) is 6.48. The zero-order chi connectivity index (χ0) is 7.98. The molecule has 0 aliphatic carbocycles. The van der Waals surface area contributed by atoms with Crippen molar-refractivity contribution in [3.05, 3.63) is 0 Å². The number of hydrogen-bond donors (Lipinski definition) is 0. The van der Waals surface area contributed by atoms with E-state index in [1.165, 1.54) is 0 Å². The van der Waals surface area contributed by atoms with Crippen molar-refractivity contribution in [2.45, 2.75) is 31.9 Å². The first-order valence-electron chi connectivity index (χ1n) is 4.04. The molecule has 0 atom stereocenters. The molecule has 0 unspecified atom stereocenters. The van der Waals surface area contributed by atoms with Crippen LogP contribution in [0.4, 0.5) is 0 Å². The Balaban J connectivity index is 3.65. The Morgan fingerprint density at radius 3 is 2.00 bits per heavy atom. The summed E-state index contributed by atoms with van der Waals surface area (Å²) in [6.07, 6.45) is 1.06. The minimum absolute atomic E-state index is 0.946. The monoisotopic (exact) mass is 179 g/mol. The molecule has 0 rings (SSSR count). The standard InChI is InChI=1S/C4H10N.C3H7.O.Ti/c1-3-5-4-2;1-3-2;;/h3-4H2,1-2H3;1,3H2,2H3;;/q-1;;;+1. The van der Waals surface area contributed by atoms with Crippen LogP contribution in [-0.2, 0) is 21.4 Å². The van der Waals surface area contributed by atoms with Crippen LogP contribution in [0, 0.1) is 0 Å². The molecule has 0 bridgehead atoms. The minimum atomic E-state index is -1.99. The van der Waals surface area contributed by atoms with Crippen LogP contribution in [0.2, 0.25) is 4.73 Å². The van der Waals surface area contributed by atoms with E-state index in [0.717, 1.165) is 24.2 Å². The summed E-state index contributed by atoms with van der Waals surface area (Å²) >= 11 is -1.99. The Bertz CT molecular complexity index is 102. The van der Waals surface area contributed by atoms with E-state index in [4.69, 9.17) is 0 Å². The molecule has 0 aromatic rings. The van der Waals surface area contributed by atoms with E-state index in [1.807, 2.05) is 0 Å². The third-order valence-electron chi connectivity index (χ3n) is 1.58. The Morgan fingerprint density at radius 2 is 1.70 bits per heavy atom. The van der Waals surface area contributed by atoms with Gasteiger partial charge >= 0.3 is 69.8 Å². The second kappa shape index (κ2) is 6.20. The van der Waals surface area contributed by atoms with Gasteiger partial charge in [0.25, 0.3) is 0 Å². The Kier molecular flexibility index (Phi) is 6.50. The van der Waals surface area contributed by atoms with Crippen LogP contribution >= 0.6 is 0 Å². The number of rotatable bonds is 5. The molecule has 2 nitrogen and oxygen atoms in total. The van der Waals surface area contributed by atoms with E-state index >= 15 is 0 Å². The summed E-state index contributed by atoms with van der Waals surface area (Å²) in [6.45, 7) is 8.15. The van der Waals surface area contributed by atoms with E-state index in [2.05, 4.69) is 24.2 Å². The van der Waals surface area contributed by atoms with E-state index in [1.54, 1.807) is 0 Å². The van der Waals surface area contributed by atoms with Crippen LogP contribution in [0.1, 0.15) is 27.2 Å². The second-order valence-electron chi connectivity index (χ2n) is 2.32. The van der Waals surface area contributed by atoms with Gasteiger partial charge in [0.15, 0.2) is 0 Å². The molecule has 0 aromatic heterocycles. The van der Waals surface area contributed by atoms with E-state index < -0.39 is 18.1 Å². The summed E-state index contributed by atoms with van der Waals surface area (Å²) in [7, 11) is 0. The Labute approximate surface area is 70.1 Å². The molecule has 0 spiro atoms. The topological polar surface area (TPSA) is 20.3 Å². The molecule has 0 saturated carbocycles. The first kappa shape index (κ1) is 10.5. The molecular formula is C7H17NOTi. The van der Waals surface area contributed by atoms with Crippen LogP contribution in [0.15, 0.2) is 0 Å². The van der Waals surface area contributed by atoms with Crippen LogP contribution in [0.3, 0.4) is 0 Å². The van der Waals surface area contributed by atoms with E-state index in [0.29, 0.717) is 0 Å². The van der Waals surface area contributed by atoms with Crippen molar-refractivity contribution in [3.63, 3.8) is 0 Å². The fourth-order valence-corrected chi connectivity index (χ4v) is 3.21. The van der Waals surface area contributed by atoms with Gasteiger partial charge in [-0.1, -0.05) is 0 Å². The summed E-state index contributed by atoms with van der Waals surface area (Å²) in [4.78, 5) is 0. The summed E-state index contributed by atoms with van der Waals surface area (Å²) in [5, 5.41) is 0. The Hall–Kier alpha value is 0.474. The van der Waals surface area contributed by atoms with Gasteiger partial charge in [-0.2, -0.15) is 0 Å².